The number of hydrogen-bond donors (Lipinski definition) is 1. The molecule has 0 aromatic heterocycles. The molecule has 0 heterocycles. The van der Waals surface area contributed by atoms with Crippen molar-refractivity contribution in [2.45, 2.75) is 65.3 Å². The maximum atomic E-state index is 13.2. The molecule has 0 saturated carbocycles. The van der Waals surface area contributed by atoms with E-state index in [1.165, 1.54) is 22.3 Å². The van der Waals surface area contributed by atoms with E-state index in [1.54, 1.807) is 16.7 Å². The van der Waals surface area contributed by atoms with Crippen LogP contribution >= 0.6 is 11.8 Å². The molecule has 2 rings (SSSR count). The van der Waals surface area contributed by atoms with Gasteiger partial charge in [-0.3, -0.25) is 9.59 Å². The van der Waals surface area contributed by atoms with Crippen LogP contribution in [0.25, 0.3) is 0 Å². The standard InChI is InChI=1S/C26H36N2O2S/c1-6-24(26(30)27-19(2)3)28(13-12-22-10-8-7-9-11-22)25(29)18-31-17-23-15-20(4)14-21(5)16-23/h7-11,14-16,19,24H,6,12-13,17-18H2,1-5H3,(H,27,30). The number of carbonyl (C=O) groups excluding carboxylic acids is 2. The summed E-state index contributed by atoms with van der Waals surface area (Å²) in [6.45, 7) is 10.6. The van der Waals surface area contributed by atoms with Crippen molar-refractivity contribution in [1.82, 2.24) is 10.2 Å². The number of carbonyl (C=O) groups is 2. The summed E-state index contributed by atoms with van der Waals surface area (Å²) in [6, 6.07) is 16.2. The van der Waals surface area contributed by atoms with Gasteiger partial charge in [-0.1, -0.05) is 66.6 Å². The van der Waals surface area contributed by atoms with Crippen LogP contribution < -0.4 is 5.32 Å². The van der Waals surface area contributed by atoms with Gasteiger partial charge in [0.2, 0.25) is 11.8 Å². The normalized spacial score (nSPS) is 11.9. The lowest BCUT2D eigenvalue weighted by Gasteiger charge is -2.31. The van der Waals surface area contributed by atoms with Crippen LogP contribution in [0.5, 0.6) is 0 Å². The lowest BCUT2D eigenvalue weighted by atomic mass is 10.1. The highest BCUT2D eigenvalue weighted by Gasteiger charge is 2.28. The van der Waals surface area contributed by atoms with Gasteiger partial charge in [-0.05, 0) is 51.7 Å². The molecule has 2 amide bonds. The van der Waals surface area contributed by atoms with Crippen LogP contribution in [0.15, 0.2) is 48.5 Å². The van der Waals surface area contributed by atoms with Gasteiger partial charge >= 0.3 is 0 Å². The van der Waals surface area contributed by atoms with Crippen LogP contribution in [-0.2, 0) is 21.8 Å². The average Bonchev–Trinajstić information content (AvgIpc) is 2.70. The largest absolute Gasteiger partial charge is 0.352 e. The third kappa shape index (κ3) is 8.41. The third-order valence-corrected chi connectivity index (χ3v) is 6.07. The Kier molecular flexibility index (Phi) is 10.1. The molecular weight excluding hydrogens is 404 g/mol. The fourth-order valence-electron chi connectivity index (χ4n) is 3.77. The molecule has 0 spiro atoms. The molecule has 1 atom stereocenters. The van der Waals surface area contributed by atoms with Crippen LogP contribution in [0.3, 0.4) is 0 Å². The number of rotatable bonds is 11. The fourth-order valence-corrected chi connectivity index (χ4v) is 4.61. The second kappa shape index (κ2) is 12.6. The molecule has 0 bridgehead atoms. The summed E-state index contributed by atoms with van der Waals surface area (Å²) >= 11 is 1.61. The first-order chi connectivity index (χ1) is 14.8. The monoisotopic (exact) mass is 440 g/mol. The molecule has 5 heteroatoms. The number of benzene rings is 2. The maximum absolute atomic E-state index is 13.2. The second-order valence-electron chi connectivity index (χ2n) is 8.40. The van der Waals surface area contributed by atoms with Gasteiger partial charge in [-0.15, -0.1) is 11.8 Å². The van der Waals surface area contributed by atoms with Crippen LogP contribution in [0, 0.1) is 13.8 Å². The fraction of sp³-hybridized carbons (Fsp3) is 0.462. The Balaban J connectivity index is 2.07. The number of amides is 2. The van der Waals surface area contributed by atoms with E-state index in [0.717, 1.165) is 12.2 Å². The molecule has 1 N–H and O–H groups in total. The van der Waals surface area contributed by atoms with Gasteiger partial charge in [0, 0.05) is 18.3 Å². The predicted octanol–water partition coefficient (Wildman–Crippen LogP) is 4.91. The Labute approximate surface area is 191 Å². The number of thioether (sulfide) groups is 1. The minimum atomic E-state index is -0.444. The number of nitrogens with one attached hydrogen (secondary N) is 1. The molecule has 1 unspecified atom stereocenters. The Hall–Kier alpha value is -2.27. The molecule has 0 saturated heterocycles. The maximum Gasteiger partial charge on any atom is 0.242 e. The van der Waals surface area contributed by atoms with E-state index in [1.807, 2.05) is 39.0 Å². The van der Waals surface area contributed by atoms with Crippen molar-refractivity contribution in [3.8, 4) is 0 Å². The van der Waals surface area contributed by atoms with Crippen molar-refractivity contribution in [3.05, 3.63) is 70.8 Å². The molecule has 0 fully saturated rings. The van der Waals surface area contributed by atoms with Gasteiger partial charge in [-0.2, -0.15) is 0 Å². The zero-order valence-electron chi connectivity index (χ0n) is 19.5. The lowest BCUT2D eigenvalue weighted by Crippen LogP contribution is -2.51. The Morgan fingerprint density at radius 1 is 1.00 bits per heavy atom. The smallest absolute Gasteiger partial charge is 0.242 e. The number of aryl methyl sites for hydroxylation is 2. The Morgan fingerprint density at radius 3 is 2.23 bits per heavy atom. The molecule has 0 aliphatic heterocycles. The molecule has 2 aromatic carbocycles. The van der Waals surface area contributed by atoms with E-state index >= 15 is 0 Å². The molecule has 2 aromatic rings. The highest BCUT2D eigenvalue weighted by atomic mass is 32.2. The van der Waals surface area contributed by atoms with E-state index < -0.39 is 6.04 Å². The van der Waals surface area contributed by atoms with Crippen molar-refractivity contribution in [2.75, 3.05) is 12.3 Å². The van der Waals surface area contributed by atoms with E-state index in [4.69, 9.17) is 0 Å². The highest BCUT2D eigenvalue weighted by molar-refractivity contribution is 7.99. The minimum absolute atomic E-state index is 0.0241. The molecule has 0 aliphatic rings. The molecule has 0 radical (unpaired) electrons. The second-order valence-corrected chi connectivity index (χ2v) is 9.38. The van der Waals surface area contributed by atoms with Gasteiger partial charge in [-0.25, -0.2) is 0 Å². The van der Waals surface area contributed by atoms with Gasteiger partial charge < -0.3 is 10.2 Å². The first-order valence-electron chi connectivity index (χ1n) is 11.1. The zero-order chi connectivity index (χ0) is 22.8. The third-order valence-electron chi connectivity index (χ3n) is 5.08. The van der Waals surface area contributed by atoms with E-state index in [-0.39, 0.29) is 17.9 Å². The molecular formula is C26H36N2O2S. The van der Waals surface area contributed by atoms with Crippen LogP contribution in [0.2, 0.25) is 0 Å². The molecule has 168 valence electrons. The summed E-state index contributed by atoms with van der Waals surface area (Å²) < 4.78 is 0. The van der Waals surface area contributed by atoms with Crippen LogP contribution in [-0.4, -0.2) is 41.1 Å². The molecule has 0 aliphatic carbocycles. The average molecular weight is 441 g/mol. The summed E-state index contributed by atoms with van der Waals surface area (Å²) in [7, 11) is 0. The van der Waals surface area contributed by atoms with Crippen molar-refractivity contribution >= 4 is 23.6 Å². The van der Waals surface area contributed by atoms with E-state index in [0.29, 0.717) is 18.7 Å². The van der Waals surface area contributed by atoms with Gasteiger partial charge in [0.05, 0.1) is 5.75 Å². The van der Waals surface area contributed by atoms with Crippen LogP contribution in [0.1, 0.15) is 49.4 Å². The quantitative estimate of drug-likeness (QED) is 0.540. The first kappa shape index (κ1) is 25.0. The number of hydrogen-bond acceptors (Lipinski definition) is 3. The van der Waals surface area contributed by atoms with Gasteiger partial charge in [0.25, 0.3) is 0 Å². The zero-order valence-corrected chi connectivity index (χ0v) is 20.3. The summed E-state index contributed by atoms with van der Waals surface area (Å²) in [6.07, 6.45) is 1.33. The van der Waals surface area contributed by atoms with Crippen molar-refractivity contribution in [2.24, 2.45) is 0 Å². The predicted molar refractivity (Wildman–Crippen MR) is 131 cm³/mol. The summed E-state index contributed by atoms with van der Waals surface area (Å²) in [4.78, 5) is 27.8. The first-order valence-corrected chi connectivity index (χ1v) is 12.2. The summed E-state index contributed by atoms with van der Waals surface area (Å²) in [5, 5.41) is 2.98. The Morgan fingerprint density at radius 2 is 1.65 bits per heavy atom. The van der Waals surface area contributed by atoms with Crippen LogP contribution in [0.4, 0.5) is 0 Å². The van der Waals surface area contributed by atoms with Crippen molar-refractivity contribution in [1.29, 1.82) is 0 Å². The van der Waals surface area contributed by atoms with Crippen molar-refractivity contribution < 1.29 is 9.59 Å². The number of nitrogens with zero attached hydrogens (tertiary/aromatic N) is 1. The van der Waals surface area contributed by atoms with E-state index in [2.05, 4.69) is 49.5 Å². The molecule has 31 heavy (non-hydrogen) atoms. The van der Waals surface area contributed by atoms with E-state index in [9.17, 15) is 9.59 Å². The van der Waals surface area contributed by atoms with Crippen molar-refractivity contribution in [3.63, 3.8) is 0 Å². The lowest BCUT2D eigenvalue weighted by molar-refractivity contribution is -0.139. The van der Waals surface area contributed by atoms with Gasteiger partial charge in [0.1, 0.15) is 6.04 Å². The topological polar surface area (TPSA) is 49.4 Å². The summed E-state index contributed by atoms with van der Waals surface area (Å²) in [5.74, 6) is 1.11. The highest BCUT2D eigenvalue weighted by Crippen LogP contribution is 2.18. The summed E-state index contributed by atoms with van der Waals surface area (Å²) in [5.41, 5.74) is 4.88. The van der Waals surface area contributed by atoms with Gasteiger partial charge in [0.15, 0.2) is 0 Å². The molecule has 4 nitrogen and oxygen atoms in total. The Bertz CT molecular complexity index is 831. The minimum Gasteiger partial charge on any atom is -0.352 e. The SMILES string of the molecule is CCC(C(=O)NC(C)C)N(CCc1ccccc1)C(=O)CSCc1cc(C)cc(C)c1.